The number of sulfone groups is 1. The van der Waals surface area contributed by atoms with Crippen molar-refractivity contribution in [1.82, 2.24) is 10.2 Å². The van der Waals surface area contributed by atoms with Gasteiger partial charge in [-0.3, -0.25) is 0 Å². The third-order valence-electron chi connectivity index (χ3n) is 4.60. The van der Waals surface area contributed by atoms with Gasteiger partial charge in [-0.25, -0.2) is 18.0 Å². The van der Waals surface area contributed by atoms with E-state index in [1.54, 1.807) is 6.92 Å². The monoisotopic (exact) mass is 318 g/mol. The van der Waals surface area contributed by atoms with Crippen LogP contribution < -0.4 is 5.32 Å². The predicted octanol–water partition coefficient (Wildman–Crippen LogP) is 0.602. The number of rotatable bonds is 3. The summed E-state index contributed by atoms with van der Waals surface area (Å²) in [5, 5.41) is 12.3. The number of nitrogens with zero attached hydrogens (tertiary/aromatic N) is 1. The Hall–Kier alpha value is -1.31. The van der Waals surface area contributed by atoms with Gasteiger partial charge in [0.2, 0.25) is 0 Å². The van der Waals surface area contributed by atoms with Gasteiger partial charge in [-0.15, -0.1) is 0 Å². The van der Waals surface area contributed by atoms with Gasteiger partial charge in [-0.1, -0.05) is 6.92 Å². The maximum absolute atomic E-state index is 12.4. The van der Waals surface area contributed by atoms with Crippen LogP contribution in [0.15, 0.2) is 0 Å². The number of amides is 2. The number of aliphatic carboxylic acids is 1. The van der Waals surface area contributed by atoms with Crippen molar-refractivity contribution >= 4 is 21.8 Å². The fourth-order valence-electron chi connectivity index (χ4n) is 3.20. The summed E-state index contributed by atoms with van der Waals surface area (Å²) in [5.41, 5.74) is -1.12. The first kappa shape index (κ1) is 16.1. The Labute approximate surface area is 124 Å². The van der Waals surface area contributed by atoms with E-state index in [4.69, 9.17) is 0 Å². The Bertz CT molecular complexity index is 519. The lowest BCUT2D eigenvalue weighted by Crippen LogP contribution is -2.57. The smallest absolute Gasteiger partial charge is 0.329 e. The molecule has 1 atom stereocenters. The number of carboxylic acid groups (broad SMARTS) is 1. The number of hydrogen-bond donors (Lipinski definition) is 2. The van der Waals surface area contributed by atoms with Gasteiger partial charge in [0.15, 0.2) is 0 Å². The molecule has 2 aliphatic heterocycles. The normalized spacial score (nSPS) is 29.3. The van der Waals surface area contributed by atoms with Crippen molar-refractivity contribution in [3.63, 3.8) is 0 Å². The summed E-state index contributed by atoms with van der Waals surface area (Å²) in [6, 6.07) is -0.578. The van der Waals surface area contributed by atoms with Crippen molar-refractivity contribution in [2.24, 2.45) is 0 Å². The lowest BCUT2D eigenvalue weighted by Gasteiger charge is -2.35. The van der Waals surface area contributed by atoms with Crippen LogP contribution in [0.25, 0.3) is 0 Å². The number of carbonyl (C=O) groups excluding carboxylic acids is 1. The summed E-state index contributed by atoms with van der Waals surface area (Å²) in [5.74, 6) is -0.810. The van der Waals surface area contributed by atoms with Crippen LogP contribution in [0.5, 0.6) is 0 Å². The summed E-state index contributed by atoms with van der Waals surface area (Å²) in [6.45, 7) is 2.20. The third kappa shape index (κ3) is 3.14. The largest absolute Gasteiger partial charge is 0.479 e. The molecule has 8 heteroatoms. The maximum Gasteiger partial charge on any atom is 0.329 e. The summed E-state index contributed by atoms with van der Waals surface area (Å²) in [7, 11) is -2.97. The average Bonchev–Trinajstić information content (AvgIpc) is 2.86. The minimum absolute atomic E-state index is 0.0792. The molecule has 7 nitrogen and oxygen atoms in total. The molecule has 2 heterocycles. The van der Waals surface area contributed by atoms with Crippen LogP contribution in [-0.2, 0) is 14.6 Å². The molecular formula is C13H22N2O5S. The van der Waals surface area contributed by atoms with Crippen LogP contribution in [-0.4, -0.2) is 60.1 Å². The number of nitrogens with one attached hydrogen (secondary N) is 1. The molecule has 1 unspecified atom stereocenters. The number of likely N-dealkylation sites (tertiary alicyclic amines) is 1. The molecule has 0 bridgehead atoms. The van der Waals surface area contributed by atoms with Gasteiger partial charge in [0.1, 0.15) is 15.4 Å². The second kappa shape index (κ2) is 5.82. The second-order valence-corrected chi connectivity index (χ2v) is 8.12. The lowest BCUT2D eigenvalue weighted by atomic mass is 9.93. The van der Waals surface area contributed by atoms with Crippen LogP contribution in [0.4, 0.5) is 4.79 Å². The van der Waals surface area contributed by atoms with Gasteiger partial charge in [-0.2, -0.15) is 0 Å². The van der Waals surface area contributed by atoms with E-state index in [0.717, 1.165) is 0 Å². The van der Waals surface area contributed by atoms with Crippen molar-refractivity contribution in [2.75, 3.05) is 18.1 Å². The second-order valence-electron chi connectivity index (χ2n) is 5.82. The fourth-order valence-corrected chi connectivity index (χ4v) is 4.69. The number of urea groups is 1. The summed E-state index contributed by atoms with van der Waals surface area (Å²) < 4.78 is 22.8. The molecule has 2 fully saturated rings. The SMILES string of the molecule is CCC1(C(=O)O)CCCN1C(=O)NC1CCS(=O)(=O)CC1. The Morgan fingerprint density at radius 2 is 1.95 bits per heavy atom. The highest BCUT2D eigenvalue weighted by atomic mass is 32.2. The molecule has 0 spiro atoms. The standard InChI is InChI=1S/C13H22N2O5S/c1-2-13(11(16)17)6-3-7-15(13)12(18)14-10-4-8-21(19,20)9-5-10/h10H,2-9H2,1H3,(H,14,18)(H,16,17). The zero-order valence-electron chi connectivity index (χ0n) is 12.2. The molecule has 2 aliphatic rings. The first-order chi connectivity index (χ1) is 9.81. The summed E-state index contributed by atoms with van der Waals surface area (Å²) in [6.07, 6.45) is 2.30. The Morgan fingerprint density at radius 1 is 1.33 bits per heavy atom. The van der Waals surface area contributed by atoms with Crippen molar-refractivity contribution in [1.29, 1.82) is 0 Å². The van der Waals surface area contributed by atoms with E-state index in [-0.39, 0.29) is 23.6 Å². The Balaban J connectivity index is 2.02. The van der Waals surface area contributed by atoms with Crippen LogP contribution in [0.3, 0.4) is 0 Å². The van der Waals surface area contributed by atoms with Crippen molar-refractivity contribution < 1.29 is 23.1 Å². The molecular weight excluding hydrogens is 296 g/mol. The van der Waals surface area contributed by atoms with E-state index in [9.17, 15) is 23.1 Å². The molecule has 2 saturated heterocycles. The van der Waals surface area contributed by atoms with E-state index in [1.807, 2.05) is 0 Å². The van der Waals surface area contributed by atoms with Crippen molar-refractivity contribution in [3.05, 3.63) is 0 Å². The molecule has 2 N–H and O–H groups in total. The van der Waals surface area contributed by atoms with E-state index < -0.39 is 21.3 Å². The quantitative estimate of drug-likeness (QED) is 0.793. The van der Waals surface area contributed by atoms with Gasteiger partial charge in [0.05, 0.1) is 11.5 Å². The number of hydrogen-bond acceptors (Lipinski definition) is 4. The molecule has 21 heavy (non-hydrogen) atoms. The van der Waals surface area contributed by atoms with E-state index in [0.29, 0.717) is 38.6 Å². The van der Waals surface area contributed by atoms with Gasteiger partial charge in [0, 0.05) is 12.6 Å². The van der Waals surface area contributed by atoms with Gasteiger partial charge >= 0.3 is 12.0 Å². The van der Waals surface area contributed by atoms with Crippen molar-refractivity contribution in [2.45, 2.75) is 50.6 Å². The number of carbonyl (C=O) groups is 2. The Kier molecular flexibility index (Phi) is 4.46. The first-order valence-corrected chi connectivity index (χ1v) is 9.15. The highest BCUT2D eigenvalue weighted by Crippen LogP contribution is 2.33. The van der Waals surface area contributed by atoms with E-state index in [1.165, 1.54) is 4.90 Å². The maximum atomic E-state index is 12.4. The topological polar surface area (TPSA) is 104 Å². The summed E-state index contributed by atoms with van der Waals surface area (Å²) >= 11 is 0. The van der Waals surface area contributed by atoms with Crippen LogP contribution in [0.2, 0.25) is 0 Å². The molecule has 0 aliphatic carbocycles. The average molecular weight is 318 g/mol. The highest BCUT2D eigenvalue weighted by Gasteiger charge is 2.48. The van der Waals surface area contributed by atoms with Crippen LogP contribution in [0.1, 0.15) is 39.0 Å². The Morgan fingerprint density at radius 3 is 2.48 bits per heavy atom. The van der Waals surface area contributed by atoms with Crippen molar-refractivity contribution in [3.8, 4) is 0 Å². The zero-order valence-corrected chi connectivity index (χ0v) is 13.0. The highest BCUT2D eigenvalue weighted by molar-refractivity contribution is 7.91. The molecule has 0 aromatic carbocycles. The summed E-state index contributed by atoms with van der Waals surface area (Å²) in [4.78, 5) is 25.3. The van der Waals surface area contributed by atoms with Crippen LogP contribution >= 0.6 is 0 Å². The molecule has 2 amide bonds. The van der Waals surface area contributed by atoms with Crippen LogP contribution in [0, 0.1) is 0 Å². The molecule has 0 aromatic heterocycles. The predicted molar refractivity (Wildman–Crippen MR) is 76.8 cm³/mol. The molecule has 2 rings (SSSR count). The van der Waals surface area contributed by atoms with E-state index in [2.05, 4.69) is 5.32 Å². The van der Waals surface area contributed by atoms with Gasteiger partial charge in [-0.05, 0) is 32.1 Å². The van der Waals surface area contributed by atoms with E-state index >= 15 is 0 Å². The van der Waals surface area contributed by atoms with Gasteiger partial charge < -0.3 is 15.3 Å². The fraction of sp³-hybridized carbons (Fsp3) is 0.846. The molecule has 0 aromatic rings. The minimum atomic E-state index is -2.97. The minimum Gasteiger partial charge on any atom is -0.479 e. The molecule has 0 saturated carbocycles. The number of carboxylic acids is 1. The lowest BCUT2D eigenvalue weighted by molar-refractivity contribution is -0.148. The first-order valence-electron chi connectivity index (χ1n) is 7.33. The third-order valence-corrected chi connectivity index (χ3v) is 6.31. The van der Waals surface area contributed by atoms with Gasteiger partial charge in [0.25, 0.3) is 0 Å². The molecule has 120 valence electrons. The molecule has 0 radical (unpaired) electrons. The zero-order chi connectivity index (χ0) is 15.7.